The number of hydrogen-bond acceptors (Lipinski definition) is 6. The quantitative estimate of drug-likeness (QED) is 0.505. The van der Waals surface area contributed by atoms with Crippen molar-refractivity contribution in [3.05, 3.63) is 41.5 Å². The molecule has 0 radical (unpaired) electrons. The largest absolute Gasteiger partial charge is 0.508 e. The van der Waals surface area contributed by atoms with Crippen LogP contribution >= 0.6 is 0 Å². The molecule has 0 spiro atoms. The molecule has 3 N–H and O–H groups in total. The summed E-state index contributed by atoms with van der Waals surface area (Å²) in [5.41, 5.74) is 4.55. The fourth-order valence-corrected chi connectivity index (χ4v) is 4.81. The van der Waals surface area contributed by atoms with Crippen LogP contribution < -0.4 is 10.1 Å². The third kappa shape index (κ3) is 3.76. The van der Waals surface area contributed by atoms with E-state index in [0.29, 0.717) is 29.9 Å². The number of ether oxygens (including phenoxy) is 1. The van der Waals surface area contributed by atoms with Gasteiger partial charge in [-0.3, -0.25) is 0 Å². The monoisotopic (exact) mass is 434 g/mol. The maximum absolute atomic E-state index is 10.7. The first kappa shape index (κ1) is 20.7. The second-order valence-corrected chi connectivity index (χ2v) is 9.20. The highest BCUT2D eigenvalue weighted by Crippen LogP contribution is 2.39. The zero-order chi connectivity index (χ0) is 22.2. The molecule has 0 unspecified atom stereocenters. The summed E-state index contributed by atoms with van der Waals surface area (Å²) < 4.78 is 8.06. The average Bonchev–Trinajstić information content (AvgIpc) is 3.51. The maximum atomic E-state index is 10.7. The van der Waals surface area contributed by atoms with E-state index >= 15 is 0 Å². The number of fused-ring (bicyclic) bond motifs is 1. The zero-order valence-corrected chi connectivity index (χ0v) is 18.6. The lowest BCUT2D eigenvalue weighted by molar-refractivity contribution is 0.230. The first-order valence-corrected chi connectivity index (χ1v) is 11.5. The molecule has 2 aromatic carbocycles. The van der Waals surface area contributed by atoms with E-state index in [9.17, 15) is 10.2 Å². The summed E-state index contributed by atoms with van der Waals surface area (Å²) in [7, 11) is 0. The summed E-state index contributed by atoms with van der Waals surface area (Å²) in [5.74, 6) is 1.17. The molecule has 0 bridgehead atoms. The Morgan fingerprint density at radius 1 is 1.09 bits per heavy atom. The van der Waals surface area contributed by atoms with Gasteiger partial charge in [-0.1, -0.05) is 31.8 Å². The Morgan fingerprint density at radius 3 is 2.69 bits per heavy atom. The Bertz CT molecular complexity index is 1130. The van der Waals surface area contributed by atoms with Gasteiger partial charge in [0.2, 0.25) is 0 Å². The van der Waals surface area contributed by atoms with Crippen molar-refractivity contribution in [1.29, 1.82) is 0 Å². The summed E-state index contributed by atoms with van der Waals surface area (Å²) in [6, 6.07) is 9.83. The Kier molecular flexibility index (Phi) is 5.41. The molecule has 1 saturated carbocycles. The van der Waals surface area contributed by atoms with Crippen molar-refractivity contribution in [2.45, 2.75) is 51.9 Å². The van der Waals surface area contributed by atoms with E-state index in [2.05, 4.69) is 27.6 Å². The molecule has 2 heterocycles. The number of benzene rings is 2. The topological polar surface area (TPSA) is 92.4 Å². The van der Waals surface area contributed by atoms with E-state index in [-0.39, 0.29) is 17.4 Å². The van der Waals surface area contributed by atoms with Crippen LogP contribution in [0.15, 0.2) is 30.3 Å². The Balaban J connectivity index is 1.61. The number of anilines is 1. The van der Waals surface area contributed by atoms with E-state index in [4.69, 9.17) is 4.74 Å². The summed E-state index contributed by atoms with van der Waals surface area (Å²) in [5, 5.41) is 33.2. The molecule has 1 aromatic heterocycles. The molecule has 1 fully saturated rings. The number of rotatable bonds is 6. The molecule has 168 valence electrons. The molecule has 0 atom stereocenters. The van der Waals surface area contributed by atoms with Crippen LogP contribution in [0.5, 0.6) is 17.5 Å². The average molecular weight is 435 g/mol. The predicted molar refractivity (Wildman–Crippen MR) is 124 cm³/mol. The van der Waals surface area contributed by atoms with Gasteiger partial charge in [0.25, 0.3) is 0 Å². The molecule has 1 aliphatic heterocycles. The fourth-order valence-electron chi connectivity index (χ4n) is 4.81. The lowest BCUT2D eigenvalue weighted by atomic mass is 9.98. The van der Waals surface area contributed by atoms with Crippen LogP contribution in [-0.2, 0) is 6.42 Å². The molecule has 5 rings (SSSR count). The Morgan fingerprint density at radius 2 is 1.91 bits per heavy atom. The van der Waals surface area contributed by atoms with E-state index in [1.54, 1.807) is 6.07 Å². The first-order valence-electron chi connectivity index (χ1n) is 11.5. The van der Waals surface area contributed by atoms with Crippen LogP contribution in [0.25, 0.3) is 17.1 Å². The molecule has 7 nitrogen and oxygen atoms in total. The third-order valence-electron chi connectivity index (χ3n) is 6.62. The van der Waals surface area contributed by atoms with Gasteiger partial charge in [0, 0.05) is 18.3 Å². The van der Waals surface area contributed by atoms with Crippen molar-refractivity contribution < 1.29 is 14.9 Å². The van der Waals surface area contributed by atoms with Crippen LogP contribution in [0.2, 0.25) is 0 Å². The Hall–Kier alpha value is -3.22. The van der Waals surface area contributed by atoms with E-state index < -0.39 is 0 Å². The van der Waals surface area contributed by atoms with Gasteiger partial charge in [-0.15, -0.1) is 5.10 Å². The molecule has 3 aromatic rings. The molecule has 32 heavy (non-hydrogen) atoms. The normalized spacial score (nSPS) is 15.8. The molecular formula is C25H30N4O3. The van der Waals surface area contributed by atoms with Crippen molar-refractivity contribution in [3.63, 3.8) is 0 Å². The van der Waals surface area contributed by atoms with Crippen LogP contribution in [-0.4, -0.2) is 38.1 Å². The molecule has 7 heteroatoms. The lowest BCUT2D eigenvalue weighted by Gasteiger charge is -2.16. The highest BCUT2D eigenvalue weighted by molar-refractivity contribution is 5.70. The van der Waals surface area contributed by atoms with Gasteiger partial charge in [-0.25, -0.2) is 4.57 Å². The van der Waals surface area contributed by atoms with Crippen LogP contribution in [0.1, 0.15) is 56.6 Å². The van der Waals surface area contributed by atoms with E-state index in [1.807, 2.05) is 24.5 Å². The number of phenolic OH excluding ortho intramolecular Hbond substituents is 2. The minimum atomic E-state index is -0.0364. The fraction of sp³-hybridized carbons (Fsp3) is 0.440. The summed E-state index contributed by atoms with van der Waals surface area (Å²) >= 11 is 0. The second kappa shape index (κ2) is 8.37. The Labute approximate surface area is 188 Å². The van der Waals surface area contributed by atoms with Gasteiger partial charge >= 0.3 is 6.01 Å². The molecule has 1 aliphatic carbocycles. The van der Waals surface area contributed by atoms with Crippen molar-refractivity contribution >= 4 is 5.69 Å². The van der Waals surface area contributed by atoms with Crippen molar-refractivity contribution in [1.82, 2.24) is 14.8 Å². The zero-order valence-electron chi connectivity index (χ0n) is 18.6. The van der Waals surface area contributed by atoms with Gasteiger partial charge in [0.15, 0.2) is 5.82 Å². The predicted octanol–water partition coefficient (Wildman–Crippen LogP) is 5.01. The summed E-state index contributed by atoms with van der Waals surface area (Å²) in [6.45, 7) is 5.55. The SMILES string of the molecule is CC(C)c1cc(-c2nnc(OCC3CCCC3)n2-c2ccc3c(c2)CCN3)c(O)cc1O. The minimum absolute atomic E-state index is 0.0364. The number of hydrogen-bond donors (Lipinski definition) is 3. The van der Waals surface area contributed by atoms with Gasteiger partial charge in [-0.05, 0) is 66.5 Å². The second-order valence-electron chi connectivity index (χ2n) is 9.20. The van der Waals surface area contributed by atoms with E-state index in [1.165, 1.54) is 37.3 Å². The van der Waals surface area contributed by atoms with E-state index in [0.717, 1.165) is 29.9 Å². The van der Waals surface area contributed by atoms with Crippen molar-refractivity contribution in [3.8, 4) is 34.6 Å². The van der Waals surface area contributed by atoms with Crippen LogP contribution in [0.4, 0.5) is 5.69 Å². The number of aromatic nitrogens is 3. The smallest absolute Gasteiger partial charge is 0.322 e. The van der Waals surface area contributed by atoms with Gasteiger partial charge in [0.1, 0.15) is 11.5 Å². The van der Waals surface area contributed by atoms with Crippen molar-refractivity contribution in [2.24, 2.45) is 5.92 Å². The van der Waals surface area contributed by atoms with Gasteiger partial charge in [-0.2, -0.15) is 0 Å². The molecule has 0 amide bonds. The maximum Gasteiger partial charge on any atom is 0.322 e. The summed E-state index contributed by atoms with van der Waals surface area (Å²) in [4.78, 5) is 0. The van der Waals surface area contributed by atoms with Gasteiger partial charge < -0.3 is 20.3 Å². The van der Waals surface area contributed by atoms with Gasteiger partial charge in [0.05, 0.1) is 17.9 Å². The summed E-state index contributed by atoms with van der Waals surface area (Å²) in [6.07, 6.45) is 5.83. The first-order chi connectivity index (χ1) is 15.5. The molecule has 2 aliphatic rings. The number of aromatic hydroxyl groups is 2. The molecular weight excluding hydrogens is 404 g/mol. The lowest BCUT2D eigenvalue weighted by Crippen LogP contribution is -2.11. The number of nitrogens with one attached hydrogen (secondary N) is 1. The van der Waals surface area contributed by atoms with Crippen molar-refractivity contribution in [2.75, 3.05) is 18.5 Å². The highest BCUT2D eigenvalue weighted by atomic mass is 16.5. The molecule has 0 saturated heterocycles. The number of phenols is 2. The standard InChI is InChI=1S/C25H30N4O3/c1-15(2)19-12-20(23(31)13-22(19)30)24-27-28-25(32-14-16-5-3-4-6-16)29(24)18-7-8-21-17(11-18)9-10-26-21/h7-8,11-13,15-16,26,30-31H,3-6,9-10,14H2,1-2H3. The number of nitrogens with zero attached hydrogens (tertiary/aromatic N) is 3. The highest BCUT2D eigenvalue weighted by Gasteiger charge is 2.24. The minimum Gasteiger partial charge on any atom is -0.508 e. The van der Waals surface area contributed by atoms with Crippen LogP contribution in [0.3, 0.4) is 0 Å². The third-order valence-corrected chi connectivity index (χ3v) is 6.62. The van der Waals surface area contributed by atoms with Crippen LogP contribution in [0, 0.1) is 5.92 Å².